The molecule has 0 spiro atoms. The van der Waals surface area contributed by atoms with Crippen molar-refractivity contribution in [2.45, 2.75) is 13.3 Å². The lowest BCUT2D eigenvalue weighted by Gasteiger charge is -2.19. The Balaban J connectivity index is 2.12. The van der Waals surface area contributed by atoms with Crippen LogP contribution in [0.2, 0.25) is 0 Å². The van der Waals surface area contributed by atoms with Gasteiger partial charge in [0.15, 0.2) is 0 Å². The van der Waals surface area contributed by atoms with Gasteiger partial charge in [-0.3, -0.25) is 0 Å². The normalized spacial score (nSPS) is 13.8. The molecule has 17 heavy (non-hydrogen) atoms. The summed E-state index contributed by atoms with van der Waals surface area (Å²) in [5.41, 5.74) is 2.63. The fraction of sp³-hybridized carbons (Fsp3) is 0.462. The first-order valence-corrected chi connectivity index (χ1v) is 5.91. The molecule has 0 bridgehead atoms. The van der Waals surface area contributed by atoms with Gasteiger partial charge in [-0.25, -0.2) is 4.79 Å². The Morgan fingerprint density at radius 1 is 1.53 bits per heavy atom. The van der Waals surface area contributed by atoms with E-state index in [1.165, 1.54) is 5.56 Å². The summed E-state index contributed by atoms with van der Waals surface area (Å²) in [6, 6.07) is 5.35. The van der Waals surface area contributed by atoms with Crippen molar-refractivity contribution in [3.05, 3.63) is 29.3 Å². The second kappa shape index (κ2) is 5.19. The molecule has 4 heteroatoms. The Labute approximate surface area is 101 Å². The van der Waals surface area contributed by atoms with E-state index in [-0.39, 0.29) is 0 Å². The highest BCUT2D eigenvalue weighted by Gasteiger charge is 2.20. The van der Waals surface area contributed by atoms with Gasteiger partial charge in [0.25, 0.3) is 0 Å². The molecule has 0 amide bonds. The van der Waals surface area contributed by atoms with Crippen molar-refractivity contribution >= 4 is 11.7 Å². The van der Waals surface area contributed by atoms with Gasteiger partial charge < -0.3 is 14.7 Å². The lowest BCUT2D eigenvalue weighted by atomic mass is 10.1. The van der Waals surface area contributed by atoms with Gasteiger partial charge >= 0.3 is 5.97 Å². The maximum absolute atomic E-state index is 10.9. The summed E-state index contributed by atoms with van der Waals surface area (Å²) in [6.45, 7) is 5.15. The van der Waals surface area contributed by atoms with Crippen LogP contribution in [0.1, 0.15) is 22.8 Å². The van der Waals surface area contributed by atoms with Crippen molar-refractivity contribution in [1.29, 1.82) is 0 Å². The zero-order chi connectivity index (χ0) is 12.3. The number of hydrogen-bond donors (Lipinski definition) is 1. The number of aromatic carboxylic acids is 1. The molecule has 1 aromatic carbocycles. The van der Waals surface area contributed by atoms with E-state index >= 15 is 0 Å². The third kappa shape index (κ3) is 2.58. The van der Waals surface area contributed by atoms with Gasteiger partial charge in [0.05, 0.1) is 12.2 Å². The van der Waals surface area contributed by atoms with E-state index < -0.39 is 5.97 Å². The van der Waals surface area contributed by atoms with E-state index in [1.807, 2.05) is 13.0 Å². The van der Waals surface area contributed by atoms with E-state index in [0.29, 0.717) is 12.2 Å². The molecule has 0 fully saturated rings. The Hall–Kier alpha value is -1.55. The number of benzene rings is 1. The summed E-state index contributed by atoms with van der Waals surface area (Å²) in [7, 11) is 0. The van der Waals surface area contributed by atoms with Gasteiger partial charge in [0.2, 0.25) is 0 Å². The van der Waals surface area contributed by atoms with E-state index in [4.69, 9.17) is 9.84 Å². The van der Waals surface area contributed by atoms with Gasteiger partial charge in [0.1, 0.15) is 0 Å². The van der Waals surface area contributed by atoms with Crippen LogP contribution in [0, 0.1) is 0 Å². The summed E-state index contributed by atoms with van der Waals surface area (Å²) < 4.78 is 5.33. The predicted octanol–water partition coefficient (Wildman–Crippen LogP) is 1.78. The molecule has 92 valence electrons. The molecule has 1 N–H and O–H groups in total. The quantitative estimate of drug-likeness (QED) is 0.790. The molecule has 0 saturated carbocycles. The van der Waals surface area contributed by atoms with Crippen LogP contribution < -0.4 is 4.90 Å². The van der Waals surface area contributed by atoms with E-state index in [0.717, 1.165) is 31.8 Å². The molecule has 0 atom stereocenters. The molecule has 0 aromatic heterocycles. The minimum absolute atomic E-state index is 0.354. The number of carboxylic acids is 1. The smallest absolute Gasteiger partial charge is 0.335 e. The van der Waals surface area contributed by atoms with Gasteiger partial charge in [-0.05, 0) is 31.0 Å². The maximum atomic E-state index is 10.9. The van der Waals surface area contributed by atoms with Crippen molar-refractivity contribution in [3.8, 4) is 0 Å². The molecule has 0 aliphatic carbocycles. The van der Waals surface area contributed by atoms with E-state index in [9.17, 15) is 4.79 Å². The van der Waals surface area contributed by atoms with Crippen LogP contribution in [0.4, 0.5) is 5.69 Å². The first kappa shape index (κ1) is 11.9. The average Bonchev–Trinajstić information content (AvgIpc) is 2.72. The van der Waals surface area contributed by atoms with Crippen molar-refractivity contribution in [3.63, 3.8) is 0 Å². The first-order valence-electron chi connectivity index (χ1n) is 5.91. The lowest BCUT2D eigenvalue weighted by molar-refractivity contribution is 0.0697. The summed E-state index contributed by atoms with van der Waals surface area (Å²) in [6.07, 6.45) is 0.987. The average molecular weight is 235 g/mol. The third-order valence-electron chi connectivity index (χ3n) is 3.03. The Morgan fingerprint density at radius 3 is 3.06 bits per heavy atom. The van der Waals surface area contributed by atoms with Crippen LogP contribution in [0.15, 0.2) is 18.2 Å². The van der Waals surface area contributed by atoms with Crippen LogP contribution in [0.5, 0.6) is 0 Å². The monoisotopic (exact) mass is 235 g/mol. The molecule has 2 rings (SSSR count). The van der Waals surface area contributed by atoms with Crippen LogP contribution in [-0.2, 0) is 11.2 Å². The van der Waals surface area contributed by atoms with Crippen molar-refractivity contribution in [2.24, 2.45) is 0 Å². The zero-order valence-corrected chi connectivity index (χ0v) is 9.98. The van der Waals surface area contributed by atoms with Crippen LogP contribution in [0.25, 0.3) is 0 Å². The number of carbonyl (C=O) groups is 1. The number of carboxylic acid groups (broad SMARTS) is 1. The fourth-order valence-electron chi connectivity index (χ4n) is 2.13. The van der Waals surface area contributed by atoms with Crippen LogP contribution >= 0.6 is 0 Å². The minimum Gasteiger partial charge on any atom is -0.478 e. The van der Waals surface area contributed by atoms with Gasteiger partial charge in [-0.15, -0.1) is 0 Å². The fourth-order valence-corrected chi connectivity index (χ4v) is 2.13. The molecular formula is C13H17NO3. The summed E-state index contributed by atoms with van der Waals surface area (Å²) in [4.78, 5) is 13.1. The molecule has 1 aromatic rings. The number of hydrogen-bond acceptors (Lipinski definition) is 3. The van der Waals surface area contributed by atoms with Crippen molar-refractivity contribution in [1.82, 2.24) is 0 Å². The number of rotatable bonds is 5. The van der Waals surface area contributed by atoms with Crippen LogP contribution in [0.3, 0.4) is 0 Å². The molecule has 4 nitrogen and oxygen atoms in total. The van der Waals surface area contributed by atoms with Gasteiger partial charge in [-0.1, -0.05) is 6.07 Å². The highest BCUT2D eigenvalue weighted by atomic mass is 16.5. The SMILES string of the molecule is CCOCCN1CCc2ccc(C(=O)O)cc21. The lowest BCUT2D eigenvalue weighted by Crippen LogP contribution is -2.25. The first-order chi connectivity index (χ1) is 8.22. The Bertz CT molecular complexity index is 417. The van der Waals surface area contributed by atoms with E-state index in [2.05, 4.69) is 4.90 Å². The molecule has 1 heterocycles. The molecule has 1 aliphatic rings. The molecular weight excluding hydrogens is 218 g/mol. The number of anilines is 1. The highest BCUT2D eigenvalue weighted by Crippen LogP contribution is 2.28. The Morgan fingerprint density at radius 2 is 2.35 bits per heavy atom. The third-order valence-corrected chi connectivity index (χ3v) is 3.03. The topological polar surface area (TPSA) is 49.8 Å². The largest absolute Gasteiger partial charge is 0.478 e. The summed E-state index contributed by atoms with van der Waals surface area (Å²) in [5, 5.41) is 8.97. The zero-order valence-electron chi connectivity index (χ0n) is 9.98. The summed E-state index contributed by atoms with van der Waals surface area (Å²) in [5.74, 6) is -0.871. The summed E-state index contributed by atoms with van der Waals surface area (Å²) >= 11 is 0. The minimum atomic E-state index is -0.871. The predicted molar refractivity (Wildman–Crippen MR) is 65.8 cm³/mol. The second-order valence-electron chi connectivity index (χ2n) is 4.08. The number of nitrogens with zero attached hydrogens (tertiary/aromatic N) is 1. The molecule has 1 aliphatic heterocycles. The maximum Gasteiger partial charge on any atom is 0.335 e. The molecule has 0 radical (unpaired) electrons. The highest BCUT2D eigenvalue weighted by molar-refractivity contribution is 5.89. The van der Waals surface area contributed by atoms with E-state index in [1.54, 1.807) is 12.1 Å². The Kier molecular flexibility index (Phi) is 3.64. The molecule has 0 saturated heterocycles. The standard InChI is InChI=1S/C13H17NO3/c1-2-17-8-7-14-6-5-10-3-4-11(13(15)16)9-12(10)14/h3-4,9H,2,5-8H2,1H3,(H,15,16). The van der Waals surface area contributed by atoms with Crippen molar-refractivity contribution in [2.75, 3.05) is 31.2 Å². The van der Waals surface area contributed by atoms with Crippen LogP contribution in [-0.4, -0.2) is 37.4 Å². The van der Waals surface area contributed by atoms with Crippen molar-refractivity contribution < 1.29 is 14.6 Å². The molecule has 0 unspecified atom stereocenters. The van der Waals surface area contributed by atoms with Gasteiger partial charge in [-0.2, -0.15) is 0 Å². The number of ether oxygens (including phenoxy) is 1. The van der Waals surface area contributed by atoms with Gasteiger partial charge in [0, 0.05) is 25.4 Å². The number of fused-ring (bicyclic) bond motifs is 1. The second-order valence-corrected chi connectivity index (χ2v) is 4.08.